The van der Waals surface area contributed by atoms with Gasteiger partial charge in [0.15, 0.2) is 0 Å². The van der Waals surface area contributed by atoms with E-state index in [2.05, 4.69) is 25.5 Å². The summed E-state index contributed by atoms with van der Waals surface area (Å²) in [6, 6.07) is 2.59. The Kier molecular flexibility index (Phi) is 6.33. The average Bonchev–Trinajstić information content (AvgIpc) is 3.63. The van der Waals surface area contributed by atoms with Crippen molar-refractivity contribution in [3.8, 4) is 16.9 Å². The smallest absolute Gasteiger partial charge is 0.280 e. The molecule has 1 saturated carbocycles. The van der Waals surface area contributed by atoms with Crippen LogP contribution in [0.15, 0.2) is 48.5 Å². The molecule has 1 N–H and O–H groups in total. The third-order valence-corrected chi connectivity index (χ3v) is 7.00. The maximum Gasteiger partial charge on any atom is 0.280 e. The van der Waals surface area contributed by atoms with Gasteiger partial charge in [-0.1, -0.05) is 11.3 Å². The molecule has 1 aliphatic heterocycles. The number of carbonyl (C=O) groups excluding carboxylic acids is 1. The van der Waals surface area contributed by atoms with Crippen molar-refractivity contribution >= 4 is 28.2 Å². The Bertz CT molecular complexity index is 1390. The molecule has 5 rings (SSSR count). The molecule has 1 unspecified atom stereocenters. The van der Waals surface area contributed by atoms with E-state index in [1.54, 1.807) is 12.2 Å². The van der Waals surface area contributed by atoms with Crippen molar-refractivity contribution in [3.05, 3.63) is 69.9 Å². The Hall–Kier alpha value is -3.61. The summed E-state index contributed by atoms with van der Waals surface area (Å²) in [6.45, 7) is 1.98. The van der Waals surface area contributed by atoms with Crippen molar-refractivity contribution in [1.29, 1.82) is 0 Å². The number of ether oxygens (including phenoxy) is 1. The zero-order valence-corrected chi connectivity index (χ0v) is 20.3. The number of anilines is 1. The van der Waals surface area contributed by atoms with Gasteiger partial charge >= 0.3 is 0 Å². The Morgan fingerprint density at radius 2 is 2.03 bits per heavy atom. The summed E-state index contributed by atoms with van der Waals surface area (Å²) in [6.07, 6.45) is 6.61. The van der Waals surface area contributed by atoms with Crippen LogP contribution in [0.3, 0.4) is 0 Å². The highest BCUT2D eigenvalue weighted by molar-refractivity contribution is 7.15. The minimum Gasteiger partial charge on any atom is -0.621 e. The number of methoxy groups -OCH3 is 1. The van der Waals surface area contributed by atoms with Crippen LogP contribution in [-0.2, 0) is 0 Å². The van der Waals surface area contributed by atoms with Gasteiger partial charge in [0.2, 0.25) is 10.9 Å². The summed E-state index contributed by atoms with van der Waals surface area (Å²) in [5.74, 6) is 0.0685. The van der Waals surface area contributed by atoms with Gasteiger partial charge in [0, 0.05) is 29.3 Å². The number of rotatable bonds is 7. The van der Waals surface area contributed by atoms with E-state index in [1.165, 1.54) is 43.1 Å². The molecule has 3 aromatic rings. The molecule has 4 heterocycles. The van der Waals surface area contributed by atoms with Crippen LogP contribution in [0.2, 0.25) is 0 Å². The fourth-order valence-electron chi connectivity index (χ4n) is 3.77. The van der Waals surface area contributed by atoms with E-state index in [0.29, 0.717) is 11.0 Å². The van der Waals surface area contributed by atoms with E-state index in [9.17, 15) is 18.8 Å². The van der Waals surface area contributed by atoms with E-state index in [1.807, 2.05) is 6.92 Å². The molecule has 0 radical (unpaired) electrons. The number of hydrogen-bond acceptors (Lipinski definition) is 8. The van der Waals surface area contributed by atoms with Gasteiger partial charge in [0.05, 0.1) is 18.9 Å². The minimum atomic E-state index is -2.84. The van der Waals surface area contributed by atoms with E-state index in [4.69, 9.17) is 4.74 Å². The second kappa shape index (κ2) is 9.45. The molecule has 12 heteroatoms. The van der Waals surface area contributed by atoms with Crippen LogP contribution in [-0.4, -0.2) is 39.7 Å². The summed E-state index contributed by atoms with van der Waals surface area (Å²) in [5.41, 5.74) is 0.906. The molecular weight excluding hydrogens is 490 g/mol. The lowest BCUT2D eigenvalue weighted by molar-refractivity contribution is 0.102. The van der Waals surface area contributed by atoms with Crippen molar-refractivity contribution in [3.63, 3.8) is 0 Å². The standard InChI is InChI=1S/C24H22F2N6O3S/c1-13-5-7-32(34,8-6-13)20-10-15(16-9-18(21(25)26)27-12-19(16)35-2)17(11-28-20)22(33)29-24-31-30-23(36-24)14-3-4-14/h5-7,9-12,14,21H,3-4,8H2,1-2H3,(H,29,31,33). The third kappa shape index (κ3) is 4.74. The predicted octanol–water partition coefficient (Wildman–Crippen LogP) is 5.35. The van der Waals surface area contributed by atoms with Gasteiger partial charge < -0.3 is 9.94 Å². The SMILES string of the molecule is COc1cnc(C(F)F)cc1-c1cc([N+]2([O-])C=CC(C)=CC2)ncc1C(=O)Nc1nnc(C2CC2)s1. The Labute approximate surface area is 209 Å². The molecule has 1 aliphatic carbocycles. The van der Waals surface area contributed by atoms with Crippen molar-refractivity contribution in [2.75, 3.05) is 19.0 Å². The van der Waals surface area contributed by atoms with Crippen molar-refractivity contribution in [2.24, 2.45) is 0 Å². The highest BCUT2D eigenvalue weighted by Gasteiger charge is 2.29. The summed E-state index contributed by atoms with van der Waals surface area (Å²) >= 11 is 1.29. The molecule has 3 aromatic heterocycles. The molecule has 36 heavy (non-hydrogen) atoms. The minimum absolute atomic E-state index is 0.0611. The Morgan fingerprint density at radius 1 is 1.22 bits per heavy atom. The molecule has 1 amide bonds. The first-order valence-corrected chi connectivity index (χ1v) is 12.0. The number of nitrogens with one attached hydrogen (secondary N) is 1. The summed E-state index contributed by atoms with van der Waals surface area (Å²) < 4.78 is 31.5. The zero-order valence-electron chi connectivity index (χ0n) is 19.4. The number of hydroxylamine groups is 2. The Morgan fingerprint density at radius 3 is 2.69 bits per heavy atom. The van der Waals surface area contributed by atoms with Crippen molar-refractivity contribution < 1.29 is 18.3 Å². The maximum absolute atomic E-state index is 13.5. The first-order valence-electron chi connectivity index (χ1n) is 11.2. The molecule has 0 aromatic carbocycles. The van der Waals surface area contributed by atoms with E-state index in [0.717, 1.165) is 29.5 Å². The first kappa shape index (κ1) is 24.1. The summed E-state index contributed by atoms with van der Waals surface area (Å²) in [7, 11) is 1.37. The topological polar surface area (TPSA) is 113 Å². The second-order valence-electron chi connectivity index (χ2n) is 8.61. The molecule has 2 aliphatic rings. The maximum atomic E-state index is 13.5. The number of nitrogens with zero attached hydrogens (tertiary/aromatic N) is 5. The average molecular weight is 513 g/mol. The number of quaternary nitrogens is 1. The monoisotopic (exact) mass is 512 g/mol. The van der Waals surface area contributed by atoms with Crippen LogP contribution in [0.4, 0.5) is 19.7 Å². The molecule has 0 saturated heterocycles. The van der Waals surface area contributed by atoms with Crippen molar-refractivity contribution in [1.82, 2.24) is 24.8 Å². The predicted molar refractivity (Wildman–Crippen MR) is 132 cm³/mol. The number of hydrogen-bond donors (Lipinski definition) is 1. The quantitative estimate of drug-likeness (QED) is 0.335. The number of alkyl halides is 2. The van der Waals surface area contributed by atoms with Crippen LogP contribution in [0.25, 0.3) is 11.1 Å². The lowest BCUT2D eigenvalue weighted by Crippen LogP contribution is -2.39. The Balaban J connectivity index is 1.59. The number of aromatic nitrogens is 4. The van der Waals surface area contributed by atoms with Crippen LogP contribution >= 0.6 is 11.3 Å². The van der Waals surface area contributed by atoms with Gasteiger partial charge in [-0.2, -0.15) is 0 Å². The summed E-state index contributed by atoms with van der Waals surface area (Å²) in [5, 5.41) is 25.5. The fourth-order valence-corrected chi connectivity index (χ4v) is 4.68. The van der Waals surface area contributed by atoms with Crippen LogP contribution in [0, 0.1) is 5.21 Å². The molecule has 1 atom stereocenters. The molecule has 186 valence electrons. The number of halogens is 2. The molecule has 0 bridgehead atoms. The highest BCUT2D eigenvalue weighted by Crippen LogP contribution is 2.42. The number of allylic oxidation sites excluding steroid dienone is 2. The van der Waals surface area contributed by atoms with Crippen LogP contribution in [0.5, 0.6) is 5.75 Å². The van der Waals surface area contributed by atoms with Crippen molar-refractivity contribution in [2.45, 2.75) is 32.1 Å². The molecule has 1 fully saturated rings. The third-order valence-electron chi connectivity index (χ3n) is 5.99. The number of carbonyl (C=O) groups is 1. The normalized spacial score (nSPS) is 19.3. The van der Waals surface area contributed by atoms with E-state index >= 15 is 0 Å². The number of amides is 1. The van der Waals surface area contributed by atoms with Gasteiger partial charge in [0.1, 0.15) is 29.2 Å². The van der Waals surface area contributed by atoms with Crippen LogP contribution in [0.1, 0.15) is 53.2 Å². The highest BCUT2D eigenvalue weighted by atomic mass is 32.1. The molecule has 9 nitrogen and oxygen atoms in total. The summed E-state index contributed by atoms with van der Waals surface area (Å²) in [4.78, 5) is 21.3. The first-order chi connectivity index (χ1) is 17.3. The van der Waals surface area contributed by atoms with Gasteiger partial charge in [0.25, 0.3) is 12.3 Å². The van der Waals surface area contributed by atoms with E-state index < -0.39 is 22.7 Å². The van der Waals surface area contributed by atoms with Gasteiger partial charge in [-0.3, -0.25) is 19.7 Å². The van der Waals surface area contributed by atoms with Gasteiger partial charge in [-0.05, 0) is 43.6 Å². The molecular formula is C24H22F2N6O3S. The molecule has 0 spiro atoms. The zero-order chi connectivity index (χ0) is 25.4. The van der Waals surface area contributed by atoms with Gasteiger partial charge in [-0.15, -0.1) is 10.2 Å². The van der Waals surface area contributed by atoms with Gasteiger partial charge in [-0.25, -0.2) is 13.8 Å². The second-order valence-corrected chi connectivity index (χ2v) is 9.62. The van der Waals surface area contributed by atoms with Crippen LogP contribution < -0.4 is 14.7 Å². The largest absolute Gasteiger partial charge is 0.621 e. The lowest BCUT2D eigenvalue weighted by Gasteiger charge is -2.38. The lowest BCUT2D eigenvalue weighted by atomic mass is 9.99. The fraction of sp³-hybridized carbons (Fsp3) is 0.292. The number of pyridine rings is 2. The van der Waals surface area contributed by atoms with E-state index in [-0.39, 0.29) is 34.8 Å².